The Labute approximate surface area is 169 Å². The van der Waals surface area contributed by atoms with Crippen LogP contribution in [0.25, 0.3) is 0 Å². The van der Waals surface area contributed by atoms with Crippen LogP contribution in [-0.4, -0.2) is 47.8 Å². The first-order valence-corrected chi connectivity index (χ1v) is 9.53. The van der Waals surface area contributed by atoms with Crippen molar-refractivity contribution in [1.29, 1.82) is 0 Å². The maximum atomic E-state index is 13.4. The van der Waals surface area contributed by atoms with E-state index in [1.54, 1.807) is 36.1 Å². The maximum absolute atomic E-state index is 13.4. The Morgan fingerprint density at radius 2 is 1.34 bits per heavy atom. The molecule has 0 bridgehead atoms. The van der Waals surface area contributed by atoms with Gasteiger partial charge in [0.15, 0.2) is 0 Å². The van der Waals surface area contributed by atoms with E-state index in [-0.39, 0.29) is 23.6 Å². The van der Waals surface area contributed by atoms with Gasteiger partial charge in [0.25, 0.3) is 0 Å². The number of amides is 2. The van der Waals surface area contributed by atoms with Crippen molar-refractivity contribution in [2.45, 2.75) is 13.0 Å². The summed E-state index contributed by atoms with van der Waals surface area (Å²) in [6, 6.07) is 12.4. The summed E-state index contributed by atoms with van der Waals surface area (Å²) in [4.78, 5) is 27.4. The molecule has 7 heteroatoms. The van der Waals surface area contributed by atoms with Gasteiger partial charge < -0.3 is 10.6 Å². The molecule has 0 aliphatic carbocycles. The monoisotopic (exact) mass is 400 g/mol. The van der Waals surface area contributed by atoms with Crippen LogP contribution in [0.1, 0.15) is 24.1 Å². The molecule has 2 N–H and O–H groups in total. The highest BCUT2D eigenvalue weighted by Crippen LogP contribution is 2.30. The van der Waals surface area contributed by atoms with Crippen LogP contribution in [0, 0.1) is 24.0 Å². The van der Waals surface area contributed by atoms with E-state index < -0.39 is 11.8 Å². The second-order valence-corrected chi connectivity index (χ2v) is 7.22. The van der Waals surface area contributed by atoms with Gasteiger partial charge in [-0.25, -0.2) is 8.78 Å². The highest BCUT2D eigenvalue weighted by atomic mass is 19.1. The lowest BCUT2D eigenvalue weighted by atomic mass is 9.96. The van der Waals surface area contributed by atoms with Crippen molar-refractivity contribution in [3.05, 3.63) is 77.7 Å². The van der Waals surface area contributed by atoms with E-state index >= 15 is 0 Å². The third-order valence-electron chi connectivity index (χ3n) is 5.20. The fraction of sp³-hybridized carbons (Fsp3) is 0.318. The summed E-state index contributed by atoms with van der Waals surface area (Å²) in [7, 11) is 0. The van der Waals surface area contributed by atoms with Crippen molar-refractivity contribution in [3.8, 4) is 0 Å². The van der Waals surface area contributed by atoms with E-state index in [0.717, 1.165) is 11.1 Å². The number of halogens is 2. The molecule has 1 fully saturated rings. The fourth-order valence-electron chi connectivity index (χ4n) is 3.51. The molecule has 1 saturated heterocycles. The molecule has 2 aromatic rings. The average molecular weight is 400 g/mol. The molecule has 2 amide bonds. The molecule has 0 aromatic heterocycles. The van der Waals surface area contributed by atoms with Gasteiger partial charge in [0.05, 0.1) is 12.5 Å². The molecule has 153 valence electrons. The molecule has 29 heavy (non-hydrogen) atoms. The summed E-state index contributed by atoms with van der Waals surface area (Å²) in [5.41, 5.74) is 7.01. The van der Waals surface area contributed by atoms with Gasteiger partial charge >= 0.3 is 0 Å². The number of benzene rings is 2. The van der Waals surface area contributed by atoms with Crippen LogP contribution in [0.15, 0.2) is 48.5 Å². The zero-order valence-corrected chi connectivity index (χ0v) is 16.2. The molecule has 1 radical (unpaired) electrons. The smallest absolute Gasteiger partial charge is 0.227 e. The van der Waals surface area contributed by atoms with Crippen LogP contribution in [0.2, 0.25) is 0 Å². The molecule has 2 aromatic carbocycles. The number of carbonyl (C=O) groups excluding carboxylic acids is 2. The molecule has 1 atom stereocenters. The molecule has 5 nitrogen and oxygen atoms in total. The molecule has 1 unspecified atom stereocenters. The van der Waals surface area contributed by atoms with Crippen molar-refractivity contribution in [2.24, 2.45) is 11.7 Å². The van der Waals surface area contributed by atoms with Gasteiger partial charge in [-0.15, -0.1) is 0 Å². The summed E-state index contributed by atoms with van der Waals surface area (Å²) < 4.78 is 26.8. The first-order chi connectivity index (χ1) is 13.8. The third-order valence-corrected chi connectivity index (χ3v) is 5.20. The molecule has 1 heterocycles. The Balaban J connectivity index is 1.74. The Hall–Kier alpha value is -2.80. The number of primary amides is 1. The summed E-state index contributed by atoms with van der Waals surface area (Å²) in [6.07, 6.45) is 1.34. The highest BCUT2D eigenvalue weighted by Gasteiger charge is 2.29. The van der Waals surface area contributed by atoms with E-state index in [1.165, 1.54) is 30.7 Å². The molecule has 3 rings (SSSR count). The maximum Gasteiger partial charge on any atom is 0.227 e. The number of rotatable bonds is 6. The molecule has 0 spiro atoms. The van der Waals surface area contributed by atoms with E-state index in [4.69, 9.17) is 5.73 Å². The zero-order chi connectivity index (χ0) is 21.0. The van der Waals surface area contributed by atoms with E-state index in [0.29, 0.717) is 26.2 Å². The van der Waals surface area contributed by atoms with Crippen LogP contribution in [0.4, 0.5) is 8.78 Å². The van der Waals surface area contributed by atoms with Crippen molar-refractivity contribution in [3.63, 3.8) is 0 Å². The van der Waals surface area contributed by atoms with Crippen LogP contribution in [0.5, 0.6) is 0 Å². The first kappa shape index (κ1) is 20.9. The number of nitrogens with zero attached hydrogens (tertiary/aromatic N) is 2. The van der Waals surface area contributed by atoms with Crippen molar-refractivity contribution in [1.82, 2.24) is 9.80 Å². The Morgan fingerprint density at radius 1 is 0.897 bits per heavy atom. The molecule has 1 aliphatic heterocycles. The number of nitrogens with two attached hydrogens (primary N) is 1. The summed E-state index contributed by atoms with van der Waals surface area (Å²) in [6.45, 7) is 3.74. The quantitative estimate of drug-likeness (QED) is 0.810. The Bertz CT molecular complexity index is 802. The van der Waals surface area contributed by atoms with Gasteiger partial charge in [-0.05, 0) is 35.4 Å². The van der Waals surface area contributed by atoms with Gasteiger partial charge in [0, 0.05) is 32.1 Å². The molecular weight excluding hydrogens is 376 g/mol. The number of carbonyl (C=O) groups is 2. The van der Waals surface area contributed by atoms with Gasteiger partial charge in [0.1, 0.15) is 11.6 Å². The standard InChI is InChI=1S/C22H24F2N3O2/c1-15(22(25)29)14-20(28)26-10-12-27(13-11-26)21(16-2-6-18(23)7-3-16)17-4-8-19(24)9-5-17/h2-9,14-15,21H,10-13H2,1H3,(H2,25,29). The highest BCUT2D eigenvalue weighted by molar-refractivity contribution is 5.91. The SMILES string of the molecule is CC([CH]C(=O)N1CCN(C(c2ccc(F)cc2)c2ccc(F)cc2)CC1)C(N)=O. The lowest BCUT2D eigenvalue weighted by molar-refractivity contribution is -0.132. The summed E-state index contributed by atoms with van der Waals surface area (Å²) in [5.74, 6) is -2.00. The Morgan fingerprint density at radius 3 is 1.76 bits per heavy atom. The average Bonchev–Trinajstić information content (AvgIpc) is 2.71. The van der Waals surface area contributed by atoms with Gasteiger partial charge in [-0.2, -0.15) is 0 Å². The van der Waals surface area contributed by atoms with E-state index in [1.807, 2.05) is 0 Å². The van der Waals surface area contributed by atoms with Gasteiger partial charge in [0.2, 0.25) is 11.8 Å². The number of hydrogen-bond donors (Lipinski definition) is 1. The van der Waals surface area contributed by atoms with Crippen LogP contribution in [-0.2, 0) is 9.59 Å². The first-order valence-electron chi connectivity index (χ1n) is 9.53. The van der Waals surface area contributed by atoms with E-state index in [9.17, 15) is 18.4 Å². The van der Waals surface area contributed by atoms with Crippen molar-refractivity contribution in [2.75, 3.05) is 26.2 Å². The van der Waals surface area contributed by atoms with Crippen LogP contribution >= 0.6 is 0 Å². The van der Waals surface area contributed by atoms with Crippen molar-refractivity contribution < 1.29 is 18.4 Å². The second kappa shape index (κ2) is 9.13. The minimum absolute atomic E-state index is 0.179. The summed E-state index contributed by atoms with van der Waals surface area (Å²) in [5, 5.41) is 0. The topological polar surface area (TPSA) is 66.6 Å². The number of piperazine rings is 1. The van der Waals surface area contributed by atoms with Crippen LogP contribution < -0.4 is 5.73 Å². The Kier molecular flexibility index (Phi) is 6.59. The largest absolute Gasteiger partial charge is 0.369 e. The lowest BCUT2D eigenvalue weighted by Gasteiger charge is -2.40. The third kappa shape index (κ3) is 5.17. The summed E-state index contributed by atoms with van der Waals surface area (Å²) >= 11 is 0. The van der Waals surface area contributed by atoms with Gasteiger partial charge in [-0.3, -0.25) is 14.5 Å². The predicted molar refractivity (Wildman–Crippen MR) is 105 cm³/mol. The normalized spacial score (nSPS) is 16.1. The van der Waals surface area contributed by atoms with Crippen LogP contribution in [0.3, 0.4) is 0 Å². The fourth-order valence-corrected chi connectivity index (χ4v) is 3.51. The van der Waals surface area contributed by atoms with E-state index in [2.05, 4.69) is 4.90 Å². The minimum atomic E-state index is -0.619. The molecule has 1 aliphatic rings. The number of hydrogen-bond acceptors (Lipinski definition) is 3. The van der Waals surface area contributed by atoms with Gasteiger partial charge in [-0.1, -0.05) is 31.2 Å². The van der Waals surface area contributed by atoms with Crippen molar-refractivity contribution >= 4 is 11.8 Å². The predicted octanol–water partition coefficient (Wildman–Crippen LogP) is 2.52. The lowest BCUT2D eigenvalue weighted by Crippen LogP contribution is -2.50. The molecule has 0 saturated carbocycles. The zero-order valence-electron chi connectivity index (χ0n) is 16.2. The minimum Gasteiger partial charge on any atom is -0.369 e. The second-order valence-electron chi connectivity index (χ2n) is 7.22. The molecular formula is C22H24F2N3O2.